The van der Waals surface area contributed by atoms with Crippen LogP contribution < -0.4 is 62.8 Å². The van der Waals surface area contributed by atoms with Gasteiger partial charge in [-0.05, 0) is 128 Å². The molecule has 13 aromatic rings. The Morgan fingerprint density at radius 1 is 0.287 bits per heavy atom. The van der Waals surface area contributed by atoms with E-state index in [2.05, 4.69) is 359 Å². The first kappa shape index (κ1) is 54.2. The van der Waals surface area contributed by atoms with Crippen LogP contribution in [0.1, 0.15) is 26.3 Å². The molecule has 2 heterocycles. The van der Waals surface area contributed by atoms with Crippen molar-refractivity contribution in [2.45, 2.75) is 36.0 Å². The number of hydrogen-bond donors (Lipinski definition) is 0. The first-order valence-electron chi connectivity index (χ1n) is 30.4. The monoisotopic (exact) mass is 1160 g/mol. The van der Waals surface area contributed by atoms with Gasteiger partial charge in [0.2, 0.25) is 6.71 Å². The van der Waals surface area contributed by atoms with Gasteiger partial charge in [-0.3, -0.25) is 0 Å². The van der Waals surface area contributed by atoms with Gasteiger partial charge in [-0.1, -0.05) is 335 Å². The molecule has 1 nitrogen and oxygen atoms in total. The van der Waals surface area contributed by atoms with Crippen LogP contribution in [-0.4, -0.2) is 22.9 Å². The summed E-state index contributed by atoms with van der Waals surface area (Å²) in [5.41, 5.74) is 16.1. The summed E-state index contributed by atoms with van der Waals surface area (Å²) in [4.78, 5) is 5.26. The maximum Gasteiger partial charge on any atom is 0.249 e. The van der Waals surface area contributed by atoms with Crippen LogP contribution in [0.3, 0.4) is 0 Å². The third-order valence-electron chi connectivity index (χ3n) is 18.4. The van der Waals surface area contributed by atoms with Crippen LogP contribution in [0.4, 0.5) is 17.1 Å². The molecule has 0 saturated carbocycles. The van der Waals surface area contributed by atoms with Gasteiger partial charge < -0.3 is 4.90 Å². The van der Waals surface area contributed by atoms with E-state index in [1.54, 1.807) is 0 Å². The van der Waals surface area contributed by atoms with Gasteiger partial charge in [-0.25, -0.2) is 0 Å². The summed E-state index contributed by atoms with van der Waals surface area (Å²) < 4.78 is 0. The molecule has 0 N–H and O–H groups in total. The lowest BCUT2D eigenvalue weighted by molar-refractivity contribution is 0.590. The lowest BCUT2D eigenvalue weighted by Gasteiger charge is -2.43. The van der Waals surface area contributed by atoms with Crippen LogP contribution in [0.5, 0.6) is 0 Å². The Hall–Kier alpha value is -9.49. The highest BCUT2D eigenvalue weighted by molar-refractivity contribution is 8.00. The maximum absolute atomic E-state index is 3.14. The molecule has 2 aliphatic rings. The van der Waals surface area contributed by atoms with Gasteiger partial charge in [0, 0.05) is 26.7 Å². The van der Waals surface area contributed by atoms with Gasteiger partial charge in [0.15, 0.2) is 16.1 Å². The highest BCUT2D eigenvalue weighted by Gasteiger charge is 2.47. The van der Waals surface area contributed by atoms with Crippen LogP contribution in [-0.2, 0) is 5.41 Å². The summed E-state index contributed by atoms with van der Waals surface area (Å²) in [5, 5.41) is 10.8. The molecule has 0 radical (unpaired) electrons. The molecule has 0 spiro atoms. The Labute approximate surface area is 519 Å². The first-order valence-corrected chi connectivity index (χ1v) is 35.2. The first-order chi connectivity index (χ1) is 42.8. The molecule has 5 heteroatoms. The standard InChI is InChI=1S/C82H64BNSSi2/c1-82(2,3)64-48-53-76(73(56-64)61-32-15-6-16-33-61)84-77-46-27-47-79-81(77)83(74-51-49-71(57-78(74)84)86(65-36-17-7-18-37-65,66-38-19-8-20-39-66)69-44-25-34-62(54-69)59-28-11-4-12-29-59)75-52-50-72(58-80(75)85-79)87(67-40-21-9-22-41-67,68-42-23-10-24-43-68)70-45-26-35-63(55-70)60-30-13-5-14-31-60/h4-58H,1-3H3. The molecule has 0 atom stereocenters. The van der Waals surface area contributed by atoms with Crippen molar-refractivity contribution in [3.8, 4) is 33.4 Å². The average Bonchev–Trinajstić information content (AvgIpc) is 0.853. The van der Waals surface area contributed by atoms with Gasteiger partial charge in [0.1, 0.15) is 0 Å². The zero-order valence-electron chi connectivity index (χ0n) is 49.2. The number of fused-ring (bicyclic) bond motifs is 4. The van der Waals surface area contributed by atoms with Gasteiger partial charge in [0.05, 0.1) is 5.69 Å². The molecule has 0 fully saturated rings. The van der Waals surface area contributed by atoms with E-state index in [1.807, 2.05) is 11.8 Å². The summed E-state index contributed by atoms with van der Waals surface area (Å²) in [6, 6.07) is 127. The summed E-state index contributed by atoms with van der Waals surface area (Å²) >= 11 is 1.94. The van der Waals surface area contributed by atoms with Crippen molar-refractivity contribution in [1.82, 2.24) is 0 Å². The van der Waals surface area contributed by atoms with E-state index in [0.717, 1.165) is 0 Å². The second-order valence-electron chi connectivity index (χ2n) is 24.3. The Bertz CT molecular complexity index is 4550. The minimum atomic E-state index is -3.14. The summed E-state index contributed by atoms with van der Waals surface area (Å²) in [6.07, 6.45) is 0. The molecule has 15 rings (SSSR count). The third kappa shape index (κ3) is 9.32. The largest absolute Gasteiger partial charge is 0.311 e. The molecular formula is C82H64BNSSi2. The molecule has 0 amide bonds. The molecular weight excluding hydrogens is 1100 g/mol. The van der Waals surface area contributed by atoms with E-state index in [9.17, 15) is 0 Å². The zero-order chi connectivity index (χ0) is 58.5. The predicted molar refractivity (Wildman–Crippen MR) is 379 cm³/mol. The third-order valence-corrected chi connectivity index (χ3v) is 29.0. The van der Waals surface area contributed by atoms with Crippen molar-refractivity contribution >= 4 is 110 Å². The molecule has 0 aliphatic carbocycles. The maximum atomic E-state index is 2.65. The van der Waals surface area contributed by atoms with Crippen molar-refractivity contribution in [2.75, 3.05) is 4.90 Å². The van der Waals surface area contributed by atoms with Gasteiger partial charge in [0.25, 0.3) is 0 Å². The van der Waals surface area contributed by atoms with Crippen LogP contribution in [0, 0.1) is 0 Å². The van der Waals surface area contributed by atoms with Crippen LogP contribution in [0.25, 0.3) is 33.4 Å². The van der Waals surface area contributed by atoms with E-state index in [4.69, 9.17) is 0 Å². The second kappa shape index (κ2) is 22.4. The van der Waals surface area contributed by atoms with Gasteiger partial charge in [-0.15, -0.1) is 0 Å². The summed E-state index contributed by atoms with van der Waals surface area (Å²) in [5.74, 6) is 0. The zero-order valence-corrected chi connectivity index (χ0v) is 52.0. The predicted octanol–water partition coefficient (Wildman–Crippen LogP) is 13.5. The number of hydrogen-bond acceptors (Lipinski definition) is 2. The number of benzene rings is 13. The molecule has 0 aromatic heterocycles. The van der Waals surface area contributed by atoms with Crippen LogP contribution >= 0.6 is 11.8 Å². The van der Waals surface area contributed by atoms with Crippen molar-refractivity contribution in [1.29, 1.82) is 0 Å². The Morgan fingerprint density at radius 2 is 0.690 bits per heavy atom. The van der Waals surface area contributed by atoms with Crippen LogP contribution in [0.2, 0.25) is 0 Å². The lowest BCUT2D eigenvalue weighted by atomic mass is 9.35. The quantitative estimate of drug-likeness (QED) is 0.0886. The number of nitrogens with zero attached hydrogens (tertiary/aromatic N) is 1. The minimum Gasteiger partial charge on any atom is -0.311 e. The second-order valence-corrected chi connectivity index (χ2v) is 33.0. The lowest BCUT2D eigenvalue weighted by Crippen LogP contribution is -2.75. The molecule has 2 aliphatic heterocycles. The topological polar surface area (TPSA) is 3.24 Å². The minimum absolute atomic E-state index is 0.0484. The van der Waals surface area contributed by atoms with Crippen molar-refractivity contribution in [3.05, 3.63) is 339 Å². The average molecular weight is 1160 g/mol. The van der Waals surface area contributed by atoms with Crippen molar-refractivity contribution in [2.24, 2.45) is 0 Å². The summed E-state index contributed by atoms with van der Waals surface area (Å²) in [7, 11) is -6.13. The molecule has 0 unspecified atom stereocenters. The molecule has 87 heavy (non-hydrogen) atoms. The fourth-order valence-corrected chi connectivity index (χ4v) is 25.2. The van der Waals surface area contributed by atoms with Crippen LogP contribution in [0.15, 0.2) is 343 Å². The summed E-state index contributed by atoms with van der Waals surface area (Å²) in [6.45, 7) is 6.94. The highest BCUT2D eigenvalue weighted by atomic mass is 32.2. The SMILES string of the molecule is CC(C)(C)c1ccc(N2c3cc([Si](c4ccccc4)(c4ccccc4)c4cccc(-c5ccccc5)c4)ccc3B3c4ccc([Si](c5ccccc5)(c5ccccc5)c5cccc(-c6ccccc6)c5)cc4Sc4cccc2c43)c(-c2ccccc2)c1. The Balaban J connectivity index is 1.01. The van der Waals surface area contributed by atoms with Crippen molar-refractivity contribution in [3.63, 3.8) is 0 Å². The fraction of sp³-hybridized carbons (Fsp3) is 0.0488. The number of rotatable bonds is 12. The Morgan fingerprint density at radius 3 is 1.17 bits per heavy atom. The molecule has 414 valence electrons. The number of anilines is 3. The van der Waals surface area contributed by atoms with E-state index < -0.39 is 16.1 Å². The van der Waals surface area contributed by atoms with Crippen molar-refractivity contribution < 1.29 is 0 Å². The van der Waals surface area contributed by atoms with E-state index in [0.29, 0.717) is 0 Å². The smallest absolute Gasteiger partial charge is 0.249 e. The van der Waals surface area contributed by atoms with Gasteiger partial charge >= 0.3 is 0 Å². The molecule has 0 bridgehead atoms. The van der Waals surface area contributed by atoms with E-state index in [-0.39, 0.29) is 12.1 Å². The van der Waals surface area contributed by atoms with E-state index >= 15 is 0 Å². The van der Waals surface area contributed by atoms with Gasteiger partial charge in [-0.2, -0.15) is 0 Å². The van der Waals surface area contributed by atoms with E-state index in [1.165, 1.54) is 124 Å². The Kier molecular flexibility index (Phi) is 14.0. The normalized spacial score (nSPS) is 12.7. The molecule has 13 aromatic carbocycles. The highest BCUT2D eigenvalue weighted by Crippen LogP contribution is 2.46. The fourth-order valence-electron chi connectivity index (χ4n) is 14.3. The molecule has 0 saturated heterocycles.